The van der Waals surface area contributed by atoms with Crippen LogP contribution in [-0.2, 0) is 4.79 Å². The second-order valence-electron chi connectivity index (χ2n) is 4.92. The fourth-order valence-corrected chi connectivity index (χ4v) is 4.01. The Bertz CT molecular complexity index is 774. The molecule has 8 heteroatoms. The Balaban J connectivity index is 1.91. The number of halogens is 4. The number of anilines is 1. The summed E-state index contributed by atoms with van der Waals surface area (Å²) in [6, 6.07) is 8.96. The van der Waals surface area contributed by atoms with Crippen molar-refractivity contribution in [3.05, 3.63) is 60.4 Å². The molecule has 2 aromatic carbocycles. The van der Waals surface area contributed by atoms with Gasteiger partial charge in [-0.25, -0.2) is 5.43 Å². The van der Waals surface area contributed by atoms with Gasteiger partial charge in [-0.2, -0.15) is 5.10 Å². The minimum absolute atomic E-state index is 0.0753. The average Bonchev–Trinajstić information content (AvgIpc) is 2.48. The summed E-state index contributed by atoms with van der Waals surface area (Å²) in [6.07, 6.45) is 1.47. The van der Waals surface area contributed by atoms with Crippen LogP contribution in [0, 0.1) is 6.92 Å². The highest BCUT2D eigenvalue weighted by Gasteiger charge is 2.08. The first kappa shape index (κ1) is 19.2. The average molecular weight is 494 g/mol. The van der Waals surface area contributed by atoms with Gasteiger partial charge in [0.2, 0.25) is 0 Å². The molecule has 0 heterocycles. The predicted octanol–water partition coefficient (Wildman–Crippen LogP) is 5.39. The standard InChI is InChI=1S/C16H13Br2Cl2N3O/c1-9-4-12(17)16(13(18)5-9)21-8-15(24)23-22-7-10-2-3-11(19)6-14(10)20/h2-7,21H,8H2,1H3,(H,23,24)/b22-7+. The van der Waals surface area contributed by atoms with Crippen LogP contribution in [0.4, 0.5) is 5.69 Å². The van der Waals surface area contributed by atoms with Gasteiger partial charge < -0.3 is 5.32 Å². The van der Waals surface area contributed by atoms with Crippen molar-refractivity contribution in [3.8, 4) is 0 Å². The van der Waals surface area contributed by atoms with Crippen LogP contribution in [0.25, 0.3) is 0 Å². The van der Waals surface area contributed by atoms with Crippen molar-refractivity contribution in [2.75, 3.05) is 11.9 Å². The lowest BCUT2D eigenvalue weighted by Gasteiger charge is -2.11. The molecule has 2 rings (SSSR count). The number of rotatable bonds is 5. The van der Waals surface area contributed by atoms with Crippen molar-refractivity contribution in [1.29, 1.82) is 0 Å². The van der Waals surface area contributed by atoms with E-state index in [2.05, 4.69) is 47.7 Å². The summed E-state index contributed by atoms with van der Waals surface area (Å²) in [5.74, 6) is -0.282. The van der Waals surface area contributed by atoms with E-state index in [1.807, 2.05) is 19.1 Å². The van der Waals surface area contributed by atoms with Gasteiger partial charge in [-0.15, -0.1) is 0 Å². The van der Waals surface area contributed by atoms with E-state index >= 15 is 0 Å². The molecule has 1 amide bonds. The van der Waals surface area contributed by atoms with Crippen LogP contribution in [0.1, 0.15) is 11.1 Å². The van der Waals surface area contributed by atoms with Crippen LogP contribution in [0.2, 0.25) is 10.0 Å². The molecule has 0 saturated carbocycles. The molecule has 0 aliphatic heterocycles. The van der Waals surface area contributed by atoms with Crippen LogP contribution in [-0.4, -0.2) is 18.7 Å². The van der Waals surface area contributed by atoms with E-state index < -0.39 is 0 Å². The smallest absolute Gasteiger partial charge is 0.259 e. The molecule has 0 saturated heterocycles. The number of hydrazone groups is 1. The Morgan fingerprint density at radius 2 is 1.88 bits per heavy atom. The van der Waals surface area contributed by atoms with Crippen LogP contribution in [0.3, 0.4) is 0 Å². The Kier molecular flexibility index (Phi) is 7.10. The third-order valence-electron chi connectivity index (χ3n) is 2.97. The number of nitrogens with one attached hydrogen (secondary N) is 2. The zero-order chi connectivity index (χ0) is 17.7. The second-order valence-corrected chi connectivity index (χ2v) is 7.47. The van der Waals surface area contributed by atoms with E-state index in [1.54, 1.807) is 18.2 Å². The first-order chi connectivity index (χ1) is 11.4. The number of hydrogen-bond donors (Lipinski definition) is 2. The Morgan fingerprint density at radius 3 is 2.50 bits per heavy atom. The van der Waals surface area contributed by atoms with Crippen molar-refractivity contribution >= 4 is 72.9 Å². The van der Waals surface area contributed by atoms with Gasteiger partial charge in [0, 0.05) is 19.5 Å². The number of nitrogens with zero attached hydrogens (tertiary/aromatic N) is 1. The van der Waals surface area contributed by atoms with Gasteiger partial charge in [0.25, 0.3) is 5.91 Å². The Hall–Kier alpha value is -1.08. The van der Waals surface area contributed by atoms with Gasteiger partial charge in [0.05, 0.1) is 23.5 Å². The van der Waals surface area contributed by atoms with E-state index in [9.17, 15) is 4.79 Å². The molecule has 0 atom stereocenters. The van der Waals surface area contributed by atoms with Crippen molar-refractivity contribution < 1.29 is 4.79 Å². The van der Waals surface area contributed by atoms with Crippen molar-refractivity contribution in [2.45, 2.75) is 6.92 Å². The van der Waals surface area contributed by atoms with Crippen LogP contribution in [0.5, 0.6) is 0 Å². The molecule has 2 N–H and O–H groups in total. The maximum Gasteiger partial charge on any atom is 0.259 e. The van der Waals surface area contributed by atoms with E-state index in [-0.39, 0.29) is 12.5 Å². The van der Waals surface area contributed by atoms with Gasteiger partial charge in [0.15, 0.2) is 0 Å². The molecule has 0 bridgehead atoms. The minimum atomic E-state index is -0.282. The second kappa shape index (κ2) is 8.85. The van der Waals surface area contributed by atoms with E-state index in [0.717, 1.165) is 20.2 Å². The van der Waals surface area contributed by atoms with Gasteiger partial charge in [0.1, 0.15) is 0 Å². The first-order valence-electron chi connectivity index (χ1n) is 6.83. The number of benzene rings is 2. The zero-order valence-corrected chi connectivity index (χ0v) is 17.2. The quantitative estimate of drug-likeness (QED) is 0.433. The normalized spacial score (nSPS) is 10.9. The number of carbonyl (C=O) groups excluding carboxylic acids is 1. The molecule has 2 aromatic rings. The third-order valence-corrected chi connectivity index (χ3v) is 4.78. The summed E-state index contributed by atoms with van der Waals surface area (Å²) in [5.41, 5.74) is 5.02. The maximum absolute atomic E-state index is 11.9. The third kappa shape index (κ3) is 5.48. The summed E-state index contributed by atoms with van der Waals surface area (Å²) in [4.78, 5) is 11.9. The number of amides is 1. The summed E-state index contributed by atoms with van der Waals surface area (Å²) >= 11 is 18.8. The molecular weight excluding hydrogens is 481 g/mol. The van der Waals surface area contributed by atoms with Crippen LogP contribution in [0.15, 0.2) is 44.4 Å². The van der Waals surface area contributed by atoms with Gasteiger partial charge in [-0.1, -0.05) is 29.3 Å². The fourth-order valence-electron chi connectivity index (χ4n) is 1.86. The van der Waals surface area contributed by atoms with E-state index in [4.69, 9.17) is 23.2 Å². The van der Waals surface area contributed by atoms with Crippen molar-refractivity contribution in [1.82, 2.24) is 5.43 Å². The topological polar surface area (TPSA) is 53.5 Å². The first-order valence-corrected chi connectivity index (χ1v) is 9.17. The monoisotopic (exact) mass is 491 g/mol. The fraction of sp³-hybridized carbons (Fsp3) is 0.125. The lowest BCUT2D eigenvalue weighted by atomic mass is 10.2. The molecule has 0 radical (unpaired) electrons. The molecule has 24 heavy (non-hydrogen) atoms. The van der Waals surface area contributed by atoms with Gasteiger partial charge in [-0.05, 0) is 68.6 Å². The zero-order valence-electron chi connectivity index (χ0n) is 12.5. The molecule has 0 aromatic heterocycles. The van der Waals surface area contributed by atoms with E-state index in [0.29, 0.717) is 15.6 Å². The predicted molar refractivity (Wildman–Crippen MR) is 107 cm³/mol. The highest BCUT2D eigenvalue weighted by molar-refractivity contribution is 9.11. The van der Waals surface area contributed by atoms with E-state index in [1.165, 1.54) is 6.21 Å². The summed E-state index contributed by atoms with van der Waals surface area (Å²) < 4.78 is 1.75. The number of carbonyl (C=O) groups is 1. The number of aryl methyl sites for hydroxylation is 1. The highest BCUT2D eigenvalue weighted by atomic mass is 79.9. The van der Waals surface area contributed by atoms with Gasteiger partial charge >= 0.3 is 0 Å². The summed E-state index contributed by atoms with van der Waals surface area (Å²) in [7, 11) is 0. The molecule has 0 aliphatic rings. The van der Waals surface area contributed by atoms with Crippen molar-refractivity contribution in [3.63, 3.8) is 0 Å². The Labute approximate surface area is 166 Å². The Morgan fingerprint density at radius 1 is 1.21 bits per heavy atom. The molecule has 0 spiro atoms. The van der Waals surface area contributed by atoms with Gasteiger partial charge in [-0.3, -0.25) is 4.79 Å². The molecule has 0 fully saturated rings. The summed E-state index contributed by atoms with van der Waals surface area (Å²) in [5, 5.41) is 7.95. The number of hydrogen-bond acceptors (Lipinski definition) is 3. The lowest BCUT2D eigenvalue weighted by Crippen LogP contribution is -2.26. The SMILES string of the molecule is Cc1cc(Br)c(NCC(=O)N/N=C/c2ccc(Cl)cc2Cl)c(Br)c1. The van der Waals surface area contributed by atoms with Crippen LogP contribution >= 0.6 is 55.1 Å². The largest absolute Gasteiger partial charge is 0.374 e. The van der Waals surface area contributed by atoms with Crippen LogP contribution < -0.4 is 10.7 Å². The molecule has 0 aliphatic carbocycles. The minimum Gasteiger partial charge on any atom is -0.374 e. The maximum atomic E-state index is 11.9. The molecule has 0 unspecified atom stereocenters. The van der Waals surface area contributed by atoms with Crippen molar-refractivity contribution in [2.24, 2.45) is 5.10 Å². The lowest BCUT2D eigenvalue weighted by molar-refractivity contribution is -0.119. The molecule has 4 nitrogen and oxygen atoms in total. The summed E-state index contributed by atoms with van der Waals surface area (Å²) in [6.45, 7) is 2.06. The molecular formula is C16H13Br2Cl2N3O. The highest BCUT2D eigenvalue weighted by Crippen LogP contribution is 2.32. The molecule has 126 valence electrons.